The number of benzene rings is 2. The van der Waals surface area contributed by atoms with E-state index < -0.39 is 0 Å². The summed E-state index contributed by atoms with van der Waals surface area (Å²) in [6.07, 6.45) is 10.8. The van der Waals surface area contributed by atoms with Gasteiger partial charge in [0.25, 0.3) is 0 Å². The van der Waals surface area contributed by atoms with Crippen LogP contribution in [0.2, 0.25) is 0 Å². The number of hydrogen-bond donors (Lipinski definition) is 2. The summed E-state index contributed by atoms with van der Waals surface area (Å²) in [5.74, 6) is 1.55. The molecular weight excluding hydrogens is 400 g/mol. The molecule has 2 aromatic rings. The molecule has 0 fully saturated rings. The molecule has 0 aliphatic heterocycles. The lowest BCUT2D eigenvalue weighted by Crippen LogP contribution is -2.21. The summed E-state index contributed by atoms with van der Waals surface area (Å²) in [5, 5.41) is 6.07. The molecule has 0 heterocycles. The van der Waals surface area contributed by atoms with E-state index in [1.165, 1.54) is 44.9 Å². The van der Waals surface area contributed by atoms with Gasteiger partial charge in [-0.25, -0.2) is 0 Å². The summed E-state index contributed by atoms with van der Waals surface area (Å²) in [5.41, 5.74) is 1.63. The zero-order valence-corrected chi connectivity index (χ0v) is 19.8. The third kappa shape index (κ3) is 11.1. The van der Waals surface area contributed by atoms with Crippen molar-refractivity contribution in [2.45, 2.75) is 71.6 Å². The molecule has 0 saturated carbocycles. The van der Waals surface area contributed by atoms with Gasteiger partial charge in [0, 0.05) is 17.4 Å². The number of hydrogen-bond acceptors (Lipinski definition) is 4. The predicted molar refractivity (Wildman–Crippen MR) is 134 cm³/mol. The summed E-state index contributed by atoms with van der Waals surface area (Å²) < 4.78 is 11.6. The van der Waals surface area contributed by atoms with Gasteiger partial charge in [-0.2, -0.15) is 0 Å². The minimum absolute atomic E-state index is 0.0995. The summed E-state index contributed by atoms with van der Waals surface area (Å²) in [4.78, 5) is 12.3. The fourth-order valence-electron chi connectivity index (χ4n) is 3.33. The Bertz CT molecular complexity index is 762. The highest BCUT2D eigenvalue weighted by molar-refractivity contribution is 5.93. The summed E-state index contributed by atoms with van der Waals surface area (Å²) in [6.45, 7) is 6.07. The maximum Gasteiger partial charge on any atom is 0.243 e. The first-order valence-electron chi connectivity index (χ1n) is 12.2. The van der Waals surface area contributed by atoms with Gasteiger partial charge >= 0.3 is 0 Å². The zero-order chi connectivity index (χ0) is 22.9. The normalized spacial score (nSPS) is 10.6. The zero-order valence-electron chi connectivity index (χ0n) is 19.8. The van der Waals surface area contributed by atoms with Crippen molar-refractivity contribution in [1.82, 2.24) is 0 Å². The van der Waals surface area contributed by atoms with Gasteiger partial charge in [0.05, 0.1) is 19.8 Å². The quantitative estimate of drug-likeness (QED) is 0.259. The minimum Gasteiger partial charge on any atom is -0.494 e. The van der Waals surface area contributed by atoms with Gasteiger partial charge in [0.2, 0.25) is 5.91 Å². The molecule has 0 aromatic heterocycles. The van der Waals surface area contributed by atoms with E-state index in [4.69, 9.17) is 9.47 Å². The van der Waals surface area contributed by atoms with Gasteiger partial charge in [-0.3, -0.25) is 4.79 Å². The molecule has 0 bridgehead atoms. The molecule has 2 N–H and O–H groups in total. The number of amides is 1. The second kappa shape index (κ2) is 16.0. The molecule has 32 heavy (non-hydrogen) atoms. The summed E-state index contributed by atoms with van der Waals surface area (Å²) >= 11 is 0. The number of carbonyl (C=O) groups excluding carboxylic acids is 1. The molecule has 5 heteroatoms. The number of nitrogens with one attached hydrogen (secondary N) is 2. The second-order valence-corrected chi connectivity index (χ2v) is 8.13. The molecule has 0 aliphatic rings. The molecule has 2 aromatic carbocycles. The largest absolute Gasteiger partial charge is 0.494 e. The van der Waals surface area contributed by atoms with Gasteiger partial charge < -0.3 is 20.1 Å². The highest BCUT2D eigenvalue weighted by atomic mass is 16.5. The van der Waals surface area contributed by atoms with Crippen LogP contribution in [0, 0.1) is 0 Å². The van der Waals surface area contributed by atoms with Crippen LogP contribution in [0.1, 0.15) is 71.6 Å². The van der Waals surface area contributed by atoms with Crippen LogP contribution in [0.4, 0.5) is 11.4 Å². The Morgan fingerprint density at radius 1 is 0.719 bits per heavy atom. The maximum absolute atomic E-state index is 12.3. The predicted octanol–water partition coefficient (Wildman–Crippen LogP) is 7.05. The van der Waals surface area contributed by atoms with Gasteiger partial charge in [-0.1, -0.05) is 64.9 Å². The third-order valence-corrected chi connectivity index (χ3v) is 5.21. The van der Waals surface area contributed by atoms with Crippen LogP contribution in [-0.4, -0.2) is 25.7 Å². The fraction of sp³-hybridized carbons (Fsp3) is 0.519. The number of ether oxygens (including phenoxy) is 2. The lowest BCUT2D eigenvalue weighted by atomic mass is 10.2. The summed E-state index contributed by atoms with van der Waals surface area (Å²) in [6, 6.07) is 15.3. The van der Waals surface area contributed by atoms with Crippen LogP contribution >= 0.6 is 0 Å². The Balaban J connectivity index is 1.66. The average molecular weight is 441 g/mol. The Kier molecular flexibility index (Phi) is 12.8. The van der Waals surface area contributed by atoms with Crippen molar-refractivity contribution in [2.75, 3.05) is 30.4 Å². The maximum atomic E-state index is 12.3. The van der Waals surface area contributed by atoms with Crippen molar-refractivity contribution < 1.29 is 14.3 Å². The number of unbranched alkanes of at least 4 members (excludes halogenated alkanes) is 7. The highest BCUT2D eigenvalue weighted by Crippen LogP contribution is 2.19. The van der Waals surface area contributed by atoms with Crippen LogP contribution in [0.15, 0.2) is 48.5 Å². The molecule has 0 atom stereocenters. The minimum atomic E-state index is -0.0995. The van der Waals surface area contributed by atoms with Crippen molar-refractivity contribution in [1.29, 1.82) is 0 Å². The van der Waals surface area contributed by atoms with Crippen molar-refractivity contribution in [2.24, 2.45) is 0 Å². The highest BCUT2D eigenvalue weighted by Gasteiger charge is 2.04. The van der Waals surface area contributed by atoms with Crippen LogP contribution in [-0.2, 0) is 4.79 Å². The Labute approximate surface area is 193 Å². The van der Waals surface area contributed by atoms with Crippen molar-refractivity contribution >= 4 is 17.3 Å². The first kappa shape index (κ1) is 25.6. The first-order chi connectivity index (χ1) is 15.7. The molecule has 0 spiro atoms. The van der Waals surface area contributed by atoms with Crippen LogP contribution < -0.4 is 20.1 Å². The van der Waals surface area contributed by atoms with Gasteiger partial charge in [0.1, 0.15) is 11.5 Å². The van der Waals surface area contributed by atoms with E-state index in [0.717, 1.165) is 42.3 Å². The Hall–Kier alpha value is -2.69. The lowest BCUT2D eigenvalue weighted by Gasteiger charge is -2.11. The van der Waals surface area contributed by atoms with Gasteiger partial charge in [-0.05, 0) is 49.2 Å². The van der Waals surface area contributed by atoms with E-state index in [1.807, 2.05) is 48.5 Å². The van der Waals surface area contributed by atoms with Gasteiger partial charge in [0.15, 0.2) is 0 Å². The topological polar surface area (TPSA) is 59.6 Å². The molecule has 1 amide bonds. The van der Waals surface area contributed by atoms with Crippen LogP contribution in [0.25, 0.3) is 0 Å². The third-order valence-electron chi connectivity index (χ3n) is 5.21. The van der Waals surface area contributed by atoms with E-state index >= 15 is 0 Å². The molecule has 2 rings (SSSR count). The first-order valence-corrected chi connectivity index (χ1v) is 12.2. The van der Waals surface area contributed by atoms with Crippen molar-refractivity contribution in [3.63, 3.8) is 0 Å². The second-order valence-electron chi connectivity index (χ2n) is 8.13. The summed E-state index contributed by atoms with van der Waals surface area (Å²) in [7, 11) is 0. The number of anilines is 2. The molecule has 176 valence electrons. The van der Waals surface area contributed by atoms with Crippen molar-refractivity contribution in [3.05, 3.63) is 48.5 Å². The monoisotopic (exact) mass is 440 g/mol. The van der Waals surface area contributed by atoms with E-state index in [0.29, 0.717) is 6.61 Å². The fourth-order valence-corrected chi connectivity index (χ4v) is 3.33. The smallest absolute Gasteiger partial charge is 0.243 e. The lowest BCUT2D eigenvalue weighted by molar-refractivity contribution is -0.114. The molecule has 0 radical (unpaired) electrons. The van der Waals surface area contributed by atoms with Crippen LogP contribution in [0.5, 0.6) is 11.5 Å². The molecule has 0 saturated heterocycles. The molecular formula is C27H40N2O3. The standard InChI is InChI=1S/C27H40N2O3/c1-3-5-7-9-11-19-31-25-17-15-23(16-18-25)28-22-27(30)29-24-13-12-14-26(21-24)32-20-10-8-6-4-2/h12-18,21,28H,3-11,19-20,22H2,1-2H3,(H,29,30). The van der Waals surface area contributed by atoms with E-state index in [-0.39, 0.29) is 12.5 Å². The Morgan fingerprint density at radius 2 is 1.34 bits per heavy atom. The van der Waals surface area contributed by atoms with Gasteiger partial charge in [-0.15, -0.1) is 0 Å². The number of carbonyl (C=O) groups is 1. The number of rotatable bonds is 17. The molecule has 0 unspecified atom stereocenters. The molecule has 5 nitrogen and oxygen atoms in total. The molecule has 0 aliphatic carbocycles. The van der Waals surface area contributed by atoms with E-state index in [9.17, 15) is 4.79 Å². The van der Waals surface area contributed by atoms with Crippen molar-refractivity contribution in [3.8, 4) is 11.5 Å². The SMILES string of the molecule is CCCCCCCOc1ccc(NCC(=O)Nc2cccc(OCCCCCC)c2)cc1. The van der Waals surface area contributed by atoms with Crippen LogP contribution in [0.3, 0.4) is 0 Å². The van der Waals surface area contributed by atoms with E-state index in [2.05, 4.69) is 24.5 Å². The van der Waals surface area contributed by atoms with E-state index in [1.54, 1.807) is 0 Å². The Morgan fingerprint density at radius 3 is 2.03 bits per heavy atom. The average Bonchev–Trinajstić information content (AvgIpc) is 2.81.